The third-order valence-electron chi connectivity index (χ3n) is 4.93. The quantitative estimate of drug-likeness (QED) is 0.919. The van der Waals surface area contributed by atoms with Crippen LogP contribution in [0.2, 0.25) is 0 Å². The van der Waals surface area contributed by atoms with Gasteiger partial charge in [-0.3, -0.25) is 4.79 Å². The molecule has 23 heavy (non-hydrogen) atoms. The first-order valence-electron chi connectivity index (χ1n) is 7.80. The number of likely N-dealkylation sites (tertiary alicyclic amines) is 1. The Labute approximate surface area is 135 Å². The lowest BCUT2D eigenvalue weighted by Gasteiger charge is -2.48. The zero-order valence-electron chi connectivity index (χ0n) is 13.7. The van der Waals surface area contributed by atoms with E-state index in [9.17, 15) is 9.90 Å². The van der Waals surface area contributed by atoms with Crippen molar-refractivity contribution in [2.75, 3.05) is 13.1 Å². The second-order valence-electron chi connectivity index (χ2n) is 7.02. The Kier molecular flexibility index (Phi) is 3.72. The van der Waals surface area contributed by atoms with Crippen LogP contribution in [0, 0.1) is 5.41 Å². The van der Waals surface area contributed by atoms with Crippen LogP contribution >= 0.6 is 0 Å². The van der Waals surface area contributed by atoms with Crippen molar-refractivity contribution < 1.29 is 9.90 Å². The van der Waals surface area contributed by atoms with Crippen molar-refractivity contribution in [3.05, 3.63) is 42.2 Å². The second kappa shape index (κ2) is 5.45. The third kappa shape index (κ3) is 2.86. The highest BCUT2D eigenvalue weighted by Gasteiger charge is 2.45. The van der Waals surface area contributed by atoms with Crippen molar-refractivity contribution in [3.8, 4) is 5.69 Å². The Bertz CT molecular complexity index is 706. The van der Waals surface area contributed by atoms with Crippen LogP contribution in [0.3, 0.4) is 0 Å². The molecule has 1 saturated heterocycles. The Morgan fingerprint density at radius 3 is 2.57 bits per heavy atom. The minimum Gasteiger partial charge on any atom is -0.389 e. The topological polar surface area (TPSA) is 71.2 Å². The first-order chi connectivity index (χ1) is 10.8. The Morgan fingerprint density at radius 1 is 1.22 bits per heavy atom. The van der Waals surface area contributed by atoms with Gasteiger partial charge in [-0.2, -0.15) is 0 Å². The lowest BCUT2D eigenvalue weighted by atomic mass is 9.71. The molecule has 122 valence electrons. The van der Waals surface area contributed by atoms with Crippen molar-refractivity contribution in [3.63, 3.8) is 0 Å². The van der Waals surface area contributed by atoms with Crippen LogP contribution in [0.4, 0.5) is 0 Å². The molecular weight excluding hydrogens is 292 g/mol. The molecule has 1 atom stereocenters. The van der Waals surface area contributed by atoms with Gasteiger partial charge in [0.15, 0.2) is 5.69 Å². The number of rotatable bonds is 2. The predicted molar refractivity (Wildman–Crippen MR) is 86.3 cm³/mol. The molecule has 1 aromatic heterocycles. The van der Waals surface area contributed by atoms with E-state index in [1.807, 2.05) is 51.1 Å². The van der Waals surface area contributed by atoms with Crippen LogP contribution in [0.1, 0.15) is 37.7 Å². The van der Waals surface area contributed by atoms with E-state index >= 15 is 0 Å². The van der Waals surface area contributed by atoms with Crippen LogP contribution in [0.25, 0.3) is 5.69 Å². The molecule has 0 radical (unpaired) electrons. The number of piperidine rings is 1. The van der Waals surface area contributed by atoms with E-state index in [1.54, 1.807) is 15.8 Å². The molecular formula is C17H22N4O2. The molecule has 0 aliphatic carbocycles. The van der Waals surface area contributed by atoms with Gasteiger partial charge in [-0.15, -0.1) is 5.10 Å². The van der Waals surface area contributed by atoms with E-state index < -0.39 is 5.60 Å². The normalized spacial score (nSPS) is 23.7. The minimum absolute atomic E-state index is 0.143. The molecule has 0 unspecified atom stereocenters. The van der Waals surface area contributed by atoms with E-state index in [2.05, 4.69) is 10.3 Å². The number of aromatic nitrogens is 3. The minimum atomic E-state index is -0.772. The maximum absolute atomic E-state index is 12.7. The first kappa shape index (κ1) is 15.7. The molecule has 2 heterocycles. The number of hydrogen-bond donors (Lipinski definition) is 1. The molecule has 0 spiro atoms. The summed E-state index contributed by atoms with van der Waals surface area (Å²) in [5.74, 6) is -0.143. The van der Waals surface area contributed by atoms with E-state index in [0.29, 0.717) is 25.2 Å². The highest BCUT2D eigenvalue weighted by molar-refractivity contribution is 5.92. The number of benzene rings is 1. The number of carbonyl (C=O) groups excluding carboxylic acids is 1. The molecule has 6 nitrogen and oxygen atoms in total. The maximum Gasteiger partial charge on any atom is 0.276 e. The first-order valence-corrected chi connectivity index (χ1v) is 7.80. The van der Waals surface area contributed by atoms with Gasteiger partial charge in [0, 0.05) is 18.5 Å². The largest absolute Gasteiger partial charge is 0.389 e. The van der Waals surface area contributed by atoms with Gasteiger partial charge < -0.3 is 10.0 Å². The SMILES string of the molecule is CC1(C)CN(C(=O)c2cn(-c3ccccc3)nn2)CC[C@]1(C)O. The molecule has 3 rings (SSSR count). The van der Waals surface area contributed by atoms with Crippen LogP contribution < -0.4 is 0 Å². The average molecular weight is 314 g/mol. The van der Waals surface area contributed by atoms with Gasteiger partial charge in [0.1, 0.15) is 0 Å². The lowest BCUT2D eigenvalue weighted by molar-refractivity contribution is -0.0971. The number of para-hydroxylation sites is 1. The van der Waals surface area contributed by atoms with Gasteiger partial charge in [0.2, 0.25) is 0 Å². The zero-order valence-corrected chi connectivity index (χ0v) is 13.7. The Hall–Kier alpha value is -2.21. The summed E-state index contributed by atoms with van der Waals surface area (Å²) in [5.41, 5.74) is 0.0500. The van der Waals surface area contributed by atoms with Gasteiger partial charge in [-0.25, -0.2) is 4.68 Å². The average Bonchev–Trinajstić information content (AvgIpc) is 3.00. The number of carbonyl (C=O) groups is 1. The van der Waals surface area contributed by atoms with Crippen molar-refractivity contribution >= 4 is 5.91 Å². The molecule has 1 aliphatic rings. The van der Waals surface area contributed by atoms with Crippen LogP contribution in [-0.4, -0.2) is 49.6 Å². The van der Waals surface area contributed by atoms with Gasteiger partial charge in [-0.1, -0.05) is 37.3 Å². The fourth-order valence-electron chi connectivity index (χ4n) is 2.82. The molecule has 1 aromatic carbocycles. The number of aliphatic hydroxyl groups is 1. The molecule has 1 aliphatic heterocycles. The highest BCUT2D eigenvalue weighted by atomic mass is 16.3. The maximum atomic E-state index is 12.7. The molecule has 1 fully saturated rings. The predicted octanol–water partition coefficient (Wildman–Crippen LogP) is 1.89. The van der Waals surface area contributed by atoms with Crippen LogP contribution in [0.15, 0.2) is 36.5 Å². The third-order valence-corrected chi connectivity index (χ3v) is 4.93. The summed E-state index contributed by atoms with van der Waals surface area (Å²) in [6.45, 7) is 6.81. The van der Waals surface area contributed by atoms with Crippen molar-refractivity contribution in [1.29, 1.82) is 0 Å². The van der Waals surface area contributed by atoms with Crippen molar-refractivity contribution in [2.45, 2.75) is 32.8 Å². The van der Waals surface area contributed by atoms with E-state index in [1.165, 1.54) is 0 Å². The summed E-state index contributed by atoms with van der Waals surface area (Å²) in [6, 6.07) is 9.56. The smallest absolute Gasteiger partial charge is 0.276 e. The zero-order chi connectivity index (χ0) is 16.7. The summed E-state index contributed by atoms with van der Waals surface area (Å²) in [7, 11) is 0. The van der Waals surface area contributed by atoms with E-state index in [0.717, 1.165) is 5.69 Å². The standard InChI is InChI=1S/C17H22N4O2/c1-16(2)12-20(10-9-17(16,3)23)15(22)14-11-21(19-18-14)13-7-5-4-6-8-13/h4-8,11,23H,9-10,12H2,1-3H3/t17-/m0/s1. The Morgan fingerprint density at radius 2 is 1.91 bits per heavy atom. The number of hydrogen-bond acceptors (Lipinski definition) is 4. The van der Waals surface area contributed by atoms with Crippen molar-refractivity contribution in [1.82, 2.24) is 19.9 Å². The lowest BCUT2D eigenvalue weighted by Crippen LogP contribution is -2.57. The molecule has 0 bridgehead atoms. The summed E-state index contributed by atoms with van der Waals surface area (Å²) in [5, 5.41) is 18.5. The summed E-state index contributed by atoms with van der Waals surface area (Å²) in [6.07, 6.45) is 2.20. The number of amides is 1. The molecule has 1 N–H and O–H groups in total. The van der Waals surface area contributed by atoms with Gasteiger partial charge >= 0.3 is 0 Å². The molecule has 0 saturated carbocycles. The monoisotopic (exact) mass is 314 g/mol. The fourth-order valence-corrected chi connectivity index (χ4v) is 2.82. The number of nitrogens with zero attached hydrogens (tertiary/aromatic N) is 4. The summed E-state index contributed by atoms with van der Waals surface area (Å²) in [4.78, 5) is 14.4. The van der Waals surface area contributed by atoms with Gasteiger partial charge in [0.25, 0.3) is 5.91 Å². The van der Waals surface area contributed by atoms with E-state index in [4.69, 9.17) is 0 Å². The molecule has 1 amide bonds. The second-order valence-corrected chi connectivity index (χ2v) is 7.02. The van der Waals surface area contributed by atoms with Gasteiger partial charge in [-0.05, 0) is 25.5 Å². The summed E-state index contributed by atoms with van der Waals surface area (Å²) < 4.78 is 1.60. The van der Waals surface area contributed by atoms with Crippen LogP contribution in [-0.2, 0) is 0 Å². The van der Waals surface area contributed by atoms with E-state index in [-0.39, 0.29) is 11.3 Å². The van der Waals surface area contributed by atoms with Crippen molar-refractivity contribution in [2.24, 2.45) is 5.41 Å². The Balaban J connectivity index is 1.78. The van der Waals surface area contributed by atoms with Gasteiger partial charge in [0.05, 0.1) is 17.5 Å². The molecule has 2 aromatic rings. The van der Waals surface area contributed by atoms with Crippen LogP contribution in [0.5, 0.6) is 0 Å². The molecule has 6 heteroatoms. The summed E-state index contributed by atoms with van der Waals surface area (Å²) >= 11 is 0. The fraction of sp³-hybridized carbons (Fsp3) is 0.471. The highest BCUT2D eigenvalue weighted by Crippen LogP contribution is 2.38.